The second-order valence-electron chi connectivity index (χ2n) is 7.92. The summed E-state index contributed by atoms with van der Waals surface area (Å²) in [6.07, 6.45) is 2.15. The minimum atomic E-state index is -3.88. The molecule has 35 heavy (non-hydrogen) atoms. The molecule has 3 rings (SSSR count). The maximum absolute atomic E-state index is 13.1. The number of carbonyl (C=O) groups excluding carboxylic acids is 2. The number of hydrogen-bond acceptors (Lipinski definition) is 7. The van der Waals surface area contributed by atoms with Crippen LogP contribution < -0.4 is 10.0 Å². The van der Waals surface area contributed by atoms with Gasteiger partial charge in [0.2, 0.25) is 15.9 Å². The summed E-state index contributed by atoms with van der Waals surface area (Å²) in [5, 5.41) is 3.14. The summed E-state index contributed by atoms with van der Waals surface area (Å²) < 4.78 is 44.2. The van der Waals surface area contributed by atoms with Crippen molar-refractivity contribution in [1.82, 2.24) is 4.72 Å². The van der Waals surface area contributed by atoms with E-state index in [-0.39, 0.29) is 30.2 Å². The summed E-state index contributed by atoms with van der Waals surface area (Å²) in [5.74, 6) is -1.84. The first kappa shape index (κ1) is 27.1. The molecule has 9 nitrogen and oxygen atoms in total. The molecule has 11 heteroatoms. The first-order valence-corrected chi connectivity index (χ1v) is 13.2. The van der Waals surface area contributed by atoms with Gasteiger partial charge in [0.15, 0.2) is 6.29 Å². The van der Waals surface area contributed by atoms with Gasteiger partial charge in [0.25, 0.3) is 0 Å². The molecule has 1 unspecified atom stereocenters. The number of sulfonamides is 1. The molecule has 2 aromatic rings. The molecule has 0 radical (unpaired) electrons. The van der Waals surface area contributed by atoms with Crippen LogP contribution in [0.1, 0.15) is 36.5 Å². The van der Waals surface area contributed by atoms with Gasteiger partial charge in [-0.15, -0.1) is 0 Å². The molecule has 190 valence electrons. The van der Waals surface area contributed by atoms with E-state index in [0.29, 0.717) is 23.7 Å². The van der Waals surface area contributed by atoms with Gasteiger partial charge in [0, 0.05) is 23.9 Å². The van der Waals surface area contributed by atoms with E-state index < -0.39 is 34.1 Å². The Morgan fingerprint density at radius 3 is 2.63 bits per heavy atom. The third kappa shape index (κ3) is 8.29. The second kappa shape index (κ2) is 13.0. The Bertz CT molecular complexity index is 1100. The minimum absolute atomic E-state index is 0.0275. The number of halogens is 1. The van der Waals surface area contributed by atoms with Gasteiger partial charge in [0.05, 0.1) is 29.6 Å². The first-order valence-electron chi connectivity index (χ1n) is 11.3. The largest absolute Gasteiger partial charge is 0.462 e. The highest BCUT2D eigenvalue weighted by atomic mass is 35.5. The van der Waals surface area contributed by atoms with Crippen LogP contribution in [0, 0.1) is 5.92 Å². The van der Waals surface area contributed by atoms with Gasteiger partial charge >= 0.3 is 5.97 Å². The Morgan fingerprint density at radius 2 is 1.94 bits per heavy atom. The second-order valence-corrected chi connectivity index (χ2v) is 10.1. The number of anilines is 1. The van der Waals surface area contributed by atoms with Crippen LogP contribution in [-0.4, -0.2) is 52.9 Å². The summed E-state index contributed by atoms with van der Waals surface area (Å²) in [6.45, 7) is 2.24. The van der Waals surface area contributed by atoms with Crippen LogP contribution in [0.15, 0.2) is 53.4 Å². The normalized spacial score (nSPS) is 16.9. The lowest BCUT2D eigenvalue weighted by atomic mass is 10.1. The molecule has 2 N–H and O–H groups in total. The number of esters is 1. The average molecular weight is 525 g/mol. The molecule has 0 aromatic heterocycles. The van der Waals surface area contributed by atoms with Crippen molar-refractivity contribution in [2.45, 2.75) is 37.4 Å². The number of carbonyl (C=O) groups is 2. The first-order chi connectivity index (χ1) is 16.8. The fraction of sp³-hybridized carbons (Fsp3) is 0.417. The highest BCUT2D eigenvalue weighted by Crippen LogP contribution is 2.18. The van der Waals surface area contributed by atoms with Crippen molar-refractivity contribution in [2.24, 2.45) is 5.92 Å². The van der Waals surface area contributed by atoms with Gasteiger partial charge in [-0.1, -0.05) is 17.7 Å². The van der Waals surface area contributed by atoms with E-state index in [2.05, 4.69) is 10.0 Å². The van der Waals surface area contributed by atoms with Crippen molar-refractivity contribution in [3.05, 3.63) is 59.1 Å². The van der Waals surface area contributed by atoms with Gasteiger partial charge in [-0.05, 0) is 68.7 Å². The van der Waals surface area contributed by atoms with Crippen LogP contribution in [-0.2, 0) is 29.0 Å². The van der Waals surface area contributed by atoms with Crippen LogP contribution in [0.3, 0.4) is 0 Å². The molecule has 1 fully saturated rings. The summed E-state index contributed by atoms with van der Waals surface area (Å²) in [7, 11) is -3.88. The fourth-order valence-corrected chi connectivity index (χ4v) is 4.59. The van der Waals surface area contributed by atoms with E-state index in [4.69, 9.17) is 25.8 Å². The lowest BCUT2D eigenvalue weighted by Gasteiger charge is -2.25. The van der Waals surface area contributed by atoms with Gasteiger partial charge in [-0.2, -0.15) is 0 Å². The molecule has 1 aliphatic rings. The zero-order valence-corrected chi connectivity index (χ0v) is 20.9. The van der Waals surface area contributed by atoms with Crippen LogP contribution in [0.4, 0.5) is 5.69 Å². The molecule has 1 heterocycles. The number of hydrogen-bond donors (Lipinski definition) is 2. The Labute approximate surface area is 210 Å². The predicted octanol–water partition coefficient (Wildman–Crippen LogP) is 3.59. The van der Waals surface area contributed by atoms with Crippen LogP contribution in [0.2, 0.25) is 5.02 Å². The van der Waals surface area contributed by atoms with Crippen molar-refractivity contribution >= 4 is 39.2 Å². The number of amides is 1. The molecule has 0 saturated carbocycles. The number of rotatable bonds is 11. The molecule has 1 amide bonds. The Kier molecular flexibility index (Phi) is 10.1. The number of nitrogens with one attached hydrogen (secondary N) is 2. The zero-order chi connectivity index (χ0) is 25.3. The molecule has 2 aromatic carbocycles. The molecule has 1 saturated heterocycles. The molecule has 1 aliphatic heterocycles. The van der Waals surface area contributed by atoms with E-state index in [1.54, 1.807) is 25.1 Å². The van der Waals surface area contributed by atoms with Crippen molar-refractivity contribution in [3.8, 4) is 0 Å². The number of ether oxygens (including phenoxy) is 3. The third-order valence-electron chi connectivity index (χ3n) is 5.28. The molecule has 0 spiro atoms. The summed E-state index contributed by atoms with van der Waals surface area (Å²) >= 11 is 5.85. The van der Waals surface area contributed by atoms with E-state index >= 15 is 0 Å². The van der Waals surface area contributed by atoms with Gasteiger partial charge in [0.1, 0.15) is 0 Å². The average Bonchev–Trinajstić information content (AvgIpc) is 2.85. The van der Waals surface area contributed by atoms with Crippen LogP contribution in [0.25, 0.3) is 0 Å². The standard InChI is InChI=1S/C24H29ClN2O7S/c1-2-32-24(29)17-6-5-7-20(14-17)27-23(28)18(16-34-22-8-3-4-13-33-22)15-26-35(30,31)21-11-9-19(25)10-12-21/h5-7,9-12,14,18,22,26H,2-4,8,13,15-16H2,1H3,(H,27,28)/t18-,22?/m0/s1. The highest BCUT2D eigenvalue weighted by molar-refractivity contribution is 7.89. The van der Waals surface area contributed by atoms with E-state index in [1.165, 1.54) is 30.3 Å². The SMILES string of the molecule is CCOC(=O)c1cccc(NC(=O)[C@@H](CNS(=O)(=O)c2ccc(Cl)cc2)COC2CCCCO2)c1. The van der Waals surface area contributed by atoms with Crippen LogP contribution in [0.5, 0.6) is 0 Å². The fourth-order valence-electron chi connectivity index (χ4n) is 3.38. The number of benzene rings is 2. The maximum atomic E-state index is 13.1. The van der Waals surface area contributed by atoms with E-state index in [0.717, 1.165) is 12.8 Å². The van der Waals surface area contributed by atoms with Gasteiger partial charge in [-0.3, -0.25) is 4.79 Å². The van der Waals surface area contributed by atoms with E-state index in [1.807, 2.05) is 0 Å². The molecule has 0 aliphatic carbocycles. The molecule has 0 bridgehead atoms. The Morgan fingerprint density at radius 1 is 1.17 bits per heavy atom. The summed E-state index contributed by atoms with van der Waals surface area (Å²) in [4.78, 5) is 25.1. The van der Waals surface area contributed by atoms with Crippen molar-refractivity contribution < 1.29 is 32.2 Å². The molecular weight excluding hydrogens is 496 g/mol. The molecule has 2 atom stereocenters. The zero-order valence-electron chi connectivity index (χ0n) is 19.4. The highest BCUT2D eigenvalue weighted by Gasteiger charge is 2.25. The van der Waals surface area contributed by atoms with Crippen molar-refractivity contribution in [3.63, 3.8) is 0 Å². The van der Waals surface area contributed by atoms with Crippen molar-refractivity contribution in [2.75, 3.05) is 31.7 Å². The Hall–Kier alpha value is -2.50. The minimum Gasteiger partial charge on any atom is -0.462 e. The topological polar surface area (TPSA) is 120 Å². The lowest BCUT2D eigenvalue weighted by Crippen LogP contribution is -2.39. The maximum Gasteiger partial charge on any atom is 0.338 e. The predicted molar refractivity (Wildman–Crippen MR) is 131 cm³/mol. The summed E-state index contributed by atoms with van der Waals surface area (Å²) in [6, 6.07) is 12.0. The smallest absolute Gasteiger partial charge is 0.338 e. The quantitative estimate of drug-likeness (QED) is 0.431. The van der Waals surface area contributed by atoms with Crippen LogP contribution >= 0.6 is 11.6 Å². The van der Waals surface area contributed by atoms with E-state index in [9.17, 15) is 18.0 Å². The monoisotopic (exact) mass is 524 g/mol. The van der Waals surface area contributed by atoms with Gasteiger partial charge in [-0.25, -0.2) is 17.9 Å². The summed E-state index contributed by atoms with van der Waals surface area (Å²) in [5.41, 5.74) is 0.663. The lowest BCUT2D eigenvalue weighted by molar-refractivity contribution is -0.170. The third-order valence-corrected chi connectivity index (χ3v) is 6.97. The molecular formula is C24H29ClN2O7S. The van der Waals surface area contributed by atoms with Gasteiger partial charge < -0.3 is 19.5 Å². The van der Waals surface area contributed by atoms with Crippen molar-refractivity contribution in [1.29, 1.82) is 0 Å². The Balaban J connectivity index is 1.70.